The molecule has 0 fully saturated rings. The molecular formula is C13H18N4O. The zero-order valence-corrected chi connectivity index (χ0v) is 10.5. The van der Waals surface area contributed by atoms with E-state index in [1.807, 2.05) is 6.07 Å². The van der Waals surface area contributed by atoms with E-state index in [4.69, 9.17) is 11.0 Å². The number of aliphatic hydroxyl groups excluding tert-OH is 1. The Kier molecular flexibility index (Phi) is 3.80. The summed E-state index contributed by atoms with van der Waals surface area (Å²) < 4.78 is 0. The zero-order valence-electron chi connectivity index (χ0n) is 10.5. The Balaban J connectivity index is 2.15. The molecule has 0 aliphatic heterocycles. The second-order valence-corrected chi connectivity index (χ2v) is 4.74. The molecule has 4 N–H and O–H groups in total. The van der Waals surface area contributed by atoms with Crippen molar-refractivity contribution in [2.24, 2.45) is 5.73 Å². The van der Waals surface area contributed by atoms with Gasteiger partial charge in [0, 0.05) is 18.3 Å². The van der Waals surface area contributed by atoms with E-state index in [-0.39, 0.29) is 6.04 Å². The van der Waals surface area contributed by atoms with Crippen LogP contribution in [0, 0.1) is 11.3 Å². The summed E-state index contributed by atoms with van der Waals surface area (Å²) in [7, 11) is 0. The second kappa shape index (κ2) is 5.34. The van der Waals surface area contributed by atoms with Crippen LogP contribution in [0.5, 0.6) is 0 Å². The lowest BCUT2D eigenvalue weighted by atomic mass is 10.1. The van der Waals surface area contributed by atoms with E-state index in [0.29, 0.717) is 17.9 Å². The number of nitrogens with two attached hydrogens (primary N) is 1. The standard InChI is InChI=1S/C13H18N4O/c1-8(18)11(15)7-16-13-10(6-14)5-9-3-2-4-12(9)17-13/h5,8,11,18H,2-4,7,15H2,1H3,(H,16,17). The van der Waals surface area contributed by atoms with Crippen molar-refractivity contribution in [3.63, 3.8) is 0 Å². The first-order valence-electron chi connectivity index (χ1n) is 6.22. The maximum Gasteiger partial charge on any atom is 0.144 e. The van der Waals surface area contributed by atoms with Gasteiger partial charge in [-0.2, -0.15) is 5.26 Å². The number of aryl methyl sites for hydroxylation is 2. The van der Waals surface area contributed by atoms with Crippen LogP contribution in [0.15, 0.2) is 6.07 Å². The van der Waals surface area contributed by atoms with Crippen molar-refractivity contribution in [3.05, 3.63) is 22.9 Å². The van der Waals surface area contributed by atoms with Crippen LogP contribution in [-0.2, 0) is 12.8 Å². The maximum atomic E-state index is 9.33. The average molecular weight is 246 g/mol. The molecule has 1 aromatic rings. The predicted molar refractivity (Wildman–Crippen MR) is 69.1 cm³/mol. The molecule has 2 rings (SSSR count). The first-order valence-corrected chi connectivity index (χ1v) is 6.22. The van der Waals surface area contributed by atoms with Crippen molar-refractivity contribution in [1.82, 2.24) is 4.98 Å². The van der Waals surface area contributed by atoms with Gasteiger partial charge in [0.05, 0.1) is 11.7 Å². The fourth-order valence-electron chi connectivity index (χ4n) is 2.08. The van der Waals surface area contributed by atoms with Crippen LogP contribution < -0.4 is 11.1 Å². The summed E-state index contributed by atoms with van der Waals surface area (Å²) >= 11 is 0. The number of fused-ring (bicyclic) bond motifs is 1. The van der Waals surface area contributed by atoms with Gasteiger partial charge in [-0.25, -0.2) is 4.98 Å². The summed E-state index contributed by atoms with van der Waals surface area (Å²) in [6.07, 6.45) is 2.49. The molecule has 2 atom stereocenters. The highest BCUT2D eigenvalue weighted by molar-refractivity contribution is 5.55. The van der Waals surface area contributed by atoms with E-state index >= 15 is 0 Å². The van der Waals surface area contributed by atoms with Gasteiger partial charge in [-0.3, -0.25) is 0 Å². The molecule has 0 saturated heterocycles. The van der Waals surface area contributed by atoms with Crippen molar-refractivity contribution in [3.8, 4) is 6.07 Å². The summed E-state index contributed by atoms with van der Waals surface area (Å²) in [4.78, 5) is 4.48. The van der Waals surface area contributed by atoms with Crippen LogP contribution in [0.4, 0.5) is 5.82 Å². The number of hydrogen-bond donors (Lipinski definition) is 3. The Labute approximate surface area is 107 Å². The lowest BCUT2D eigenvalue weighted by Gasteiger charge is -2.16. The number of pyridine rings is 1. The van der Waals surface area contributed by atoms with Crippen LogP contribution in [0.3, 0.4) is 0 Å². The van der Waals surface area contributed by atoms with E-state index in [1.165, 1.54) is 5.56 Å². The Morgan fingerprint density at radius 1 is 1.61 bits per heavy atom. The lowest BCUT2D eigenvalue weighted by Crippen LogP contribution is -2.39. The number of nitrogens with one attached hydrogen (secondary N) is 1. The van der Waals surface area contributed by atoms with Gasteiger partial charge >= 0.3 is 0 Å². The summed E-state index contributed by atoms with van der Waals surface area (Å²) in [5.41, 5.74) is 8.54. The first kappa shape index (κ1) is 12.8. The van der Waals surface area contributed by atoms with Crippen molar-refractivity contribution < 1.29 is 5.11 Å². The zero-order chi connectivity index (χ0) is 13.1. The fraction of sp³-hybridized carbons (Fsp3) is 0.538. The summed E-state index contributed by atoms with van der Waals surface area (Å²) in [6, 6.07) is 3.69. The molecule has 5 heteroatoms. The van der Waals surface area contributed by atoms with Crippen LogP contribution >= 0.6 is 0 Å². The largest absolute Gasteiger partial charge is 0.392 e. The lowest BCUT2D eigenvalue weighted by molar-refractivity contribution is 0.168. The number of hydrogen-bond acceptors (Lipinski definition) is 5. The number of aliphatic hydroxyl groups is 1. The molecule has 18 heavy (non-hydrogen) atoms. The molecule has 5 nitrogen and oxygen atoms in total. The number of aromatic nitrogens is 1. The average Bonchev–Trinajstić information content (AvgIpc) is 2.81. The SMILES string of the molecule is CC(O)C(N)CNc1nc2c(cc1C#N)CCC2. The molecule has 0 spiro atoms. The number of nitriles is 1. The van der Waals surface area contributed by atoms with E-state index in [2.05, 4.69) is 16.4 Å². The number of anilines is 1. The molecule has 96 valence electrons. The molecular weight excluding hydrogens is 228 g/mol. The minimum Gasteiger partial charge on any atom is -0.392 e. The molecule has 0 saturated carbocycles. The highest BCUT2D eigenvalue weighted by atomic mass is 16.3. The van der Waals surface area contributed by atoms with Crippen molar-refractivity contribution >= 4 is 5.82 Å². The van der Waals surface area contributed by atoms with E-state index in [0.717, 1.165) is 25.0 Å². The van der Waals surface area contributed by atoms with Gasteiger partial charge in [0.1, 0.15) is 11.9 Å². The minimum absolute atomic E-state index is 0.369. The van der Waals surface area contributed by atoms with Crippen molar-refractivity contribution in [2.75, 3.05) is 11.9 Å². The first-order chi connectivity index (χ1) is 8.61. The Hall–Kier alpha value is -1.64. The van der Waals surface area contributed by atoms with E-state index in [9.17, 15) is 5.11 Å². The van der Waals surface area contributed by atoms with Crippen LogP contribution in [0.2, 0.25) is 0 Å². The molecule has 0 aromatic carbocycles. The van der Waals surface area contributed by atoms with Gasteiger partial charge in [-0.05, 0) is 37.8 Å². The smallest absolute Gasteiger partial charge is 0.144 e. The fourth-order valence-corrected chi connectivity index (χ4v) is 2.08. The molecule has 1 aromatic heterocycles. The van der Waals surface area contributed by atoms with Crippen LogP contribution in [-0.4, -0.2) is 28.8 Å². The van der Waals surface area contributed by atoms with Gasteiger partial charge < -0.3 is 16.2 Å². The highest BCUT2D eigenvalue weighted by Gasteiger charge is 2.17. The highest BCUT2D eigenvalue weighted by Crippen LogP contribution is 2.24. The monoisotopic (exact) mass is 246 g/mol. The van der Waals surface area contributed by atoms with Gasteiger partial charge in [-0.1, -0.05) is 0 Å². The number of rotatable bonds is 4. The summed E-state index contributed by atoms with van der Waals surface area (Å²) in [5, 5.41) is 21.5. The van der Waals surface area contributed by atoms with Crippen LogP contribution in [0.1, 0.15) is 30.2 Å². The maximum absolute atomic E-state index is 9.33. The Morgan fingerprint density at radius 2 is 2.39 bits per heavy atom. The van der Waals surface area contributed by atoms with Crippen molar-refractivity contribution in [1.29, 1.82) is 5.26 Å². The third-order valence-corrected chi connectivity index (χ3v) is 3.30. The number of nitrogens with zero attached hydrogens (tertiary/aromatic N) is 2. The summed E-state index contributed by atoms with van der Waals surface area (Å²) in [5.74, 6) is 0.578. The molecule has 1 aliphatic carbocycles. The summed E-state index contributed by atoms with van der Waals surface area (Å²) in [6.45, 7) is 2.05. The van der Waals surface area contributed by atoms with Gasteiger partial charge in [0.15, 0.2) is 0 Å². The predicted octanol–water partition coefficient (Wildman–Crippen LogP) is 0.562. The van der Waals surface area contributed by atoms with Gasteiger partial charge in [0.25, 0.3) is 0 Å². The molecule has 0 bridgehead atoms. The molecule has 1 heterocycles. The Morgan fingerprint density at radius 3 is 3.06 bits per heavy atom. The third kappa shape index (κ3) is 2.61. The Bertz CT molecular complexity index is 479. The normalized spacial score (nSPS) is 16.8. The quantitative estimate of drug-likeness (QED) is 0.721. The van der Waals surface area contributed by atoms with E-state index in [1.54, 1.807) is 6.92 Å². The van der Waals surface area contributed by atoms with E-state index < -0.39 is 6.10 Å². The second-order valence-electron chi connectivity index (χ2n) is 4.74. The topological polar surface area (TPSA) is 95.0 Å². The van der Waals surface area contributed by atoms with Crippen LogP contribution in [0.25, 0.3) is 0 Å². The minimum atomic E-state index is -0.586. The molecule has 1 aliphatic rings. The van der Waals surface area contributed by atoms with Gasteiger partial charge in [-0.15, -0.1) is 0 Å². The van der Waals surface area contributed by atoms with Gasteiger partial charge in [0.2, 0.25) is 0 Å². The van der Waals surface area contributed by atoms with Crippen molar-refractivity contribution in [2.45, 2.75) is 38.3 Å². The third-order valence-electron chi connectivity index (χ3n) is 3.30. The molecule has 2 unspecified atom stereocenters. The molecule has 0 radical (unpaired) electrons. The molecule has 0 amide bonds.